The summed E-state index contributed by atoms with van der Waals surface area (Å²) in [7, 11) is 0. The topological polar surface area (TPSA) is 35.6 Å². The van der Waals surface area contributed by atoms with Gasteiger partial charge in [0, 0.05) is 32.7 Å². The van der Waals surface area contributed by atoms with E-state index in [0.717, 1.165) is 32.7 Å². The number of hydrogen-bond donors (Lipinski definition) is 1. The number of nitrogens with one attached hydrogen (secondary N) is 1. The summed E-state index contributed by atoms with van der Waals surface area (Å²) in [5.41, 5.74) is 2.41. The van der Waals surface area contributed by atoms with E-state index in [1.807, 2.05) is 17.0 Å². The van der Waals surface area contributed by atoms with E-state index in [2.05, 4.69) is 36.2 Å². The molecule has 4 heteroatoms. The second kappa shape index (κ2) is 7.29. The lowest BCUT2D eigenvalue weighted by molar-refractivity contribution is 0.139. The average Bonchev–Trinajstić information content (AvgIpc) is 2.47. The van der Waals surface area contributed by atoms with Crippen molar-refractivity contribution < 1.29 is 4.79 Å². The number of rotatable bonds is 4. The predicted molar refractivity (Wildman–Crippen MR) is 81.7 cm³/mol. The van der Waals surface area contributed by atoms with Crippen LogP contribution in [0.4, 0.5) is 4.79 Å². The van der Waals surface area contributed by atoms with Crippen molar-refractivity contribution in [3.8, 4) is 0 Å². The Morgan fingerprint density at radius 2 is 1.90 bits per heavy atom. The van der Waals surface area contributed by atoms with Gasteiger partial charge in [0.15, 0.2) is 0 Å². The molecule has 20 heavy (non-hydrogen) atoms. The van der Waals surface area contributed by atoms with E-state index in [9.17, 15) is 4.79 Å². The molecule has 1 saturated heterocycles. The van der Waals surface area contributed by atoms with Gasteiger partial charge in [0.2, 0.25) is 0 Å². The molecule has 0 aliphatic carbocycles. The zero-order valence-electron chi connectivity index (χ0n) is 12.6. The Kier molecular flexibility index (Phi) is 5.41. The highest BCUT2D eigenvalue weighted by Crippen LogP contribution is 2.07. The molecule has 0 spiro atoms. The molecule has 2 amide bonds. The lowest BCUT2D eigenvalue weighted by Gasteiger charge is -2.34. The fourth-order valence-corrected chi connectivity index (χ4v) is 2.58. The summed E-state index contributed by atoms with van der Waals surface area (Å²) >= 11 is 0. The zero-order chi connectivity index (χ0) is 14.4. The summed E-state index contributed by atoms with van der Waals surface area (Å²) < 4.78 is 0. The van der Waals surface area contributed by atoms with Crippen molar-refractivity contribution in [1.82, 2.24) is 15.1 Å². The molecule has 0 radical (unpaired) electrons. The summed E-state index contributed by atoms with van der Waals surface area (Å²) in [6, 6.07) is 8.23. The number of nitrogens with zero attached hydrogens (tertiary/aromatic N) is 2. The molecule has 4 nitrogen and oxygen atoms in total. The van der Waals surface area contributed by atoms with E-state index in [4.69, 9.17) is 0 Å². The van der Waals surface area contributed by atoms with Gasteiger partial charge in [-0.1, -0.05) is 31.2 Å². The second-order valence-electron chi connectivity index (χ2n) is 5.41. The number of benzene rings is 1. The standard InChI is InChI=1S/C16H25N3O/c1-3-8-18-9-11-19(12-10-18)16(20)17-13-15-7-5-4-6-14(15)2/h4-7H,3,8-13H2,1-2H3,(H,17,20). The lowest BCUT2D eigenvalue weighted by Crippen LogP contribution is -2.51. The molecule has 0 aromatic heterocycles. The van der Waals surface area contributed by atoms with E-state index in [0.29, 0.717) is 6.54 Å². The highest BCUT2D eigenvalue weighted by molar-refractivity contribution is 5.74. The second-order valence-corrected chi connectivity index (χ2v) is 5.41. The van der Waals surface area contributed by atoms with Crippen LogP contribution >= 0.6 is 0 Å². The Labute approximate surface area is 121 Å². The zero-order valence-corrected chi connectivity index (χ0v) is 12.6. The smallest absolute Gasteiger partial charge is 0.317 e. The van der Waals surface area contributed by atoms with E-state index in [1.54, 1.807) is 0 Å². The molecule has 0 bridgehead atoms. The van der Waals surface area contributed by atoms with Gasteiger partial charge in [-0.15, -0.1) is 0 Å². The number of carbonyl (C=O) groups is 1. The van der Waals surface area contributed by atoms with Crippen molar-refractivity contribution in [3.05, 3.63) is 35.4 Å². The summed E-state index contributed by atoms with van der Waals surface area (Å²) in [6.07, 6.45) is 1.18. The van der Waals surface area contributed by atoms with E-state index in [-0.39, 0.29) is 6.03 Å². The van der Waals surface area contributed by atoms with Gasteiger partial charge in [0.1, 0.15) is 0 Å². The Hall–Kier alpha value is -1.55. The fraction of sp³-hybridized carbons (Fsp3) is 0.562. The van der Waals surface area contributed by atoms with Crippen LogP contribution in [0.3, 0.4) is 0 Å². The van der Waals surface area contributed by atoms with Crippen molar-refractivity contribution in [2.24, 2.45) is 0 Å². The molecule has 1 aliphatic rings. The van der Waals surface area contributed by atoms with Gasteiger partial charge in [-0.2, -0.15) is 0 Å². The molecule has 1 fully saturated rings. The van der Waals surface area contributed by atoms with Gasteiger partial charge in [0.25, 0.3) is 0 Å². The first-order chi connectivity index (χ1) is 9.70. The molecule has 0 saturated carbocycles. The van der Waals surface area contributed by atoms with E-state index < -0.39 is 0 Å². The first-order valence-electron chi connectivity index (χ1n) is 7.50. The van der Waals surface area contributed by atoms with Crippen LogP contribution in [-0.2, 0) is 6.54 Å². The van der Waals surface area contributed by atoms with Gasteiger partial charge in [0.05, 0.1) is 0 Å². The maximum Gasteiger partial charge on any atom is 0.317 e. The maximum absolute atomic E-state index is 12.1. The Balaban J connectivity index is 1.77. The number of piperazine rings is 1. The SMILES string of the molecule is CCCN1CCN(C(=O)NCc2ccccc2C)CC1. The van der Waals surface area contributed by atoms with Crippen molar-refractivity contribution in [3.63, 3.8) is 0 Å². The molecule has 1 aliphatic heterocycles. The molecule has 2 rings (SSSR count). The Morgan fingerprint density at radius 3 is 2.55 bits per heavy atom. The molecule has 1 aromatic carbocycles. The first kappa shape index (κ1) is 14.9. The fourth-order valence-electron chi connectivity index (χ4n) is 2.58. The van der Waals surface area contributed by atoms with Crippen molar-refractivity contribution in [2.45, 2.75) is 26.8 Å². The van der Waals surface area contributed by atoms with Gasteiger partial charge >= 0.3 is 6.03 Å². The van der Waals surface area contributed by atoms with Crippen LogP contribution < -0.4 is 5.32 Å². The molecule has 110 valence electrons. The van der Waals surface area contributed by atoms with Crippen LogP contribution in [0.5, 0.6) is 0 Å². The Bertz CT molecular complexity index is 439. The quantitative estimate of drug-likeness (QED) is 0.914. The highest BCUT2D eigenvalue weighted by Gasteiger charge is 2.20. The molecule has 1 N–H and O–H groups in total. The average molecular weight is 275 g/mol. The molecular formula is C16H25N3O. The molecule has 1 heterocycles. The molecule has 0 atom stereocenters. The van der Waals surface area contributed by atoms with Crippen LogP contribution in [0.15, 0.2) is 24.3 Å². The third kappa shape index (κ3) is 3.97. The van der Waals surface area contributed by atoms with Crippen molar-refractivity contribution in [2.75, 3.05) is 32.7 Å². The van der Waals surface area contributed by atoms with Gasteiger partial charge in [-0.3, -0.25) is 4.90 Å². The number of urea groups is 1. The predicted octanol–water partition coefficient (Wildman–Crippen LogP) is 2.23. The third-order valence-corrected chi connectivity index (χ3v) is 3.89. The molecule has 1 aromatic rings. The number of hydrogen-bond acceptors (Lipinski definition) is 2. The van der Waals surface area contributed by atoms with Gasteiger partial charge in [-0.25, -0.2) is 4.79 Å². The van der Waals surface area contributed by atoms with Crippen LogP contribution in [-0.4, -0.2) is 48.6 Å². The maximum atomic E-state index is 12.1. The van der Waals surface area contributed by atoms with Crippen molar-refractivity contribution in [1.29, 1.82) is 0 Å². The Morgan fingerprint density at radius 1 is 1.20 bits per heavy atom. The summed E-state index contributed by atoms with van der Waals surface area (Å²) in [5, 5.41) is 3.02. The molecule has 0 unspecified atom stereocenters. The minimum absolute atomic E-state index is 0.0596. The number of aryl methyl sites for hydroxylation is 1. The summed E-state index contributed by atoms with van der Waals surface area (Å²) in [6.45, 7) is 9.67. The third-order valence-electron chi connectivity index (χ3n) is 3.89. The largest absolute Gasteiger partial charge is 0.334 e. The van der Waals surface area contributed by atoms with E-state index >= 15 is 0 Å². The minimum Gasteiger partial charge on any atom is -0.334 e. The van der Waals surface area contributed by atoms with Crippen LogP contribution in [0, 0.1) is 6.92 Å². The molecular weight excluding hydrogens is 250 g/mol. The monoisotopic (exact) mass is 275 g/mol. The normalized spacial score (nSPS) is 16.2. The lowest BCUT2D eigenvalue weighted by atomic mass is 10.1. The van der Waals surface area contributed by atoms with Gasteiger partial charge < -0.3 is 10.2 Å². The van der Waals surface area contributed by atoms with Crippen LogP contribution in [0.25, 0.3) is 0 Å². The van der Waals surface area contributed by atoms with E-state index in [1.165, 1.54) is 17.5 Å². The summed E-state index contributed by atoms with van der Waals surface area (Å²) in [5.74, 6) is 0. The number of carbonyl (C=O) groups excluding carboxylic acids is 1. The highest BCUT2D eigenvalue weighted by atomic mass is 16.2. The first-order valence-corrected chi connectivity index (χ1v) is 7.50. The van der Waals surface area contributed by atoms with Crippen molar-refractivity contribution >= 4 is 6.03 Å². The van der Waals surface area contributed by atoms with Crippen LogP contribution in [0.2, 0.25) is 0 Å². The number of amides is 2. The summed E-state index contributed by atoms with van der Waals surface area (Å²) in [4.78, 5) is 16.5. The minimum atomic E-state index is 0.0596. The van der Waals surface area contributed by atoms with Crippen LogP contribution in [0.1, 0.15) is 24.5 Å². The van der Waals surface area contributed by atoms with Gasteiger partial charge in [-0.05, 0) is 31.0 Å².